The molecule has 0 saturated carbocycles. The van der Waals surface area contributed by atoms with Crippen LogP contribution < -0.4 is 10.1 Å². The third-order valence-electron chi connectivity index (χ3n) is 3.46. The maximum atomic E-state index is 13.5. The van der Waals surface area contributed by atoms with E-state index < -0.39 is 36.2 Å². The molecule has 2 aromatic rings. The van der Waals surface area contributed by atoms with Crippen molar-refractivity contribution in [3.8, 4) is 5.75 Å². The second kappa shape index (κ2) is 8.88. The van der Waals surface area contributed by atoms with Crippen molar-refractivity contribution in [3.63, 3.8) is 0 Å². The van der Waals surface area contributed by atoms with E-state index in [1.165, 1.54) is 19.9 Å². The molecule has 0 aliphatic rings. The lowest BCUT2D eigenvalue weighted by molar-refractivity contribution is -0.155. The molecule has 0 radical (unpaired) electrons. The summed E-state index contributed by atoms with van der Waals surface area (Å²) in [7, 11) is 0. The van der Waals surface area contributed by atoms with Gasteiger partial charge in [0.2, 0.25) is 0 Å². The Morgan fingerprint density at radius 3 is 2.52 bits per heavy atom. The molecule has 8 heteroatoms. The minimum absolute atomic E-state index is 0.152. The van der Waals surface area contributed by atoms with E-state index in [1.807, 2.05) is 0 Å². The summed E-state index contributed by atoms with van der Waals surface area (Å²) in [5.41, 5.74) is 0.191. The van der Waals surface area contributed by atoms with Gasteiger partial charge in [0.25, 0.3) is 5.91 Å². The van der Waals surface area contributed by atoms with Crippen molar-refractivity contribution in [3.05, 3.63) is 59.7 Å². The second-order valence-corrected chi connectivity index (χ2v) is 5.62. The van der Waals surface area contributed by atoms with Gasteiger partial charge in [-0.2, -0.15) is 0 Å². The number of anilines is 1. The van der Waals surface area contributed by atoms with Gasteiger partial charge in [0.15, 0.2) is 18.5 Å². The van der Waals surface area contributed by atoms with Crippen LogP contribution >= 0.6 is 0 Å². The monoisotopic (exact) mass is 377 g/mol. The number of nitrogens with one attached hydrogen (secondary N) is 1. The highest BCUT2D eigenvalue weighted by Gasteiger charge is 2.19. The lowest BCUT2D eigenvalue weighted by Gasteiger charge is -2.14. The highest BCUT2D eigenvalue weighted by molar-refractivity contribution is 5.95. The van der Waals surface area contributed by atoms with Crippen molar-refractivity contribution >= 4 is 23.3 Å². The van der Waals surface area contributed by atoms with Gasteiger partial charge in [-0.15, -0.1) is 0 Å². The van der Waals surface area contributed by atoms with Crippen LogP contribution in [-0.4, -0.2) is 30.4 Å². The first-order valence-electron chi connectivity index (χ1n) is 7.95. The van der Waals surface area contributed by atoms with E-state index in [0.717, 1.165) is 12.1 Å². The number of carbonyl (C=O) groups is 3. The third-order valence-corrected chi connectivity index (χ3v) is 3.46. The Morgan fingerprint density at radius 1 is 1.11 bits per heavy atom. The molecule has 2 rings (SSSR count). The number of amides is 1. The van der Waals surface area contributed by atoms with Gasteiger partial charge in [-0.3, -0.25) is 9.59 Å². The molecule has 142 valence electrons. The summed E-state index contributed by atoms with van der Waals surface area (Å²) in [6.07, 6.45) is -1.23. The van der Waals surface area contributed by atoms with E-state index in [9.17, 15) is 23.2 Å². The number of halogens is 2. The molecule has 0 aromatic heterocycles. The normalized spacial score (nSPS) is 11.4. The topological polar surface area (TPSA) is 81.7 Å². The van der Waals surface area contributed by atoms with Crippen molar-refractivity contribution in [1.29, 1.82) is 0 Å². The molecule has 1 atom stereocenters. The molecule has 2 aromatic carbocycles. The summed E-state index contributed by atoms with van der Waals surface area (Å²) in [6.45, 7) is 2.21. The number of benzene rings is 2. The highest BCUT2D eigenvalue weighted by Crippen LogP contribution is 2.16. The van der Waals surface area contributed by atoms with Crippen molar-refractivity contribution in [2.45, 2.75) is 20.0 Å². The fraction of sp³-hybridized carbons (Fsp3) is 0.211. The number of carbonyl (C=O) groups excluding carboxylic acids is 3. The van der Waals surface area contributed by atoms with Gasteiger partial charge in [-0.25, -0.2) is 13.6 Å². The molecule has 1 amide bonds. The lowest BCUT2D eigenvalue weighted by Crippen LogP contribution is -2.32. The van der Waals surface area contributed by atoms with Crippen LogP contribution in [0.4, 0.5) is 14.5 Å². The average molecular weight is 377 g/mol. The molecule has 27 heavy (non-hydrogen) atoms. The fourth-order valence-corrected chi connectivity index (χ4v) is 2.06. The predicted molar refractivity (Wildman–Crippen MR) is 92.5 cm³/mol. The van der Waals surface area contributed by atoms with Gasteiger partial charge in [-0.1, -0.05) is 12.1 Å². The van der Waals surface area contributed by atoms with Crippen LogP contribution in [0.5, 0.6) is 5.75 Å². The van der Waals surface area contributed by atoms with Gasteiger partial charge in [0, 0.05) is 11.6 Å². The van der Waals surface area contributed by atoms with Crippen LogP contribution in [-0.2, 0) is 14.3 Å². The Balaban J connectivity index is 1.86. The SMILES string of the molecule is CC(=O)c1cccc(OCC(=O)O[C@H](C)C(=O)Nc2ccc(F)cc2F)c1. The molecule has 0 unspecified atom stereocenters. The number of rotatable bonds is 7. The lowest BCUT2D eigenvalue weighted by atomic mass is 10.1. The Bertz CT molecular complexity index is 869. The third kappa shape index (κ3) is 5.88. The van der Waals surface area contributed by atoms with Crippen molar-refractivity contribution in [1.82, 2.24) is 0 Å². The molecule has 1 N–H and O–H groups in total. The predicted octanol–water partition coefficient (Wildman–Crippen LogP) is 3.12. The smallest absolute Gasteiger partial charge is 0.344 e. The van der Waals surface area contributed by atoms with Gasteiger partial charge in [-0.05, 0) is 38.1 Å². The first kappa shape index (κ1) is 20.0. The Kier molecular flexibility index (Phi) is 6.59. The van der Waals surface area contributed by atoms with E-state index in [2.05, 4.69) is 5.32 Å². The Hall–Kier alpha value is -3.29. The van der Waals surface area contributed by atoms with Crippen LogP contribution in [0.2, 0.25) is 0 Å². The standard InChI is InChI=1S/C19H17F2NO5/c1-11(23)13-4-3-5-15(8-13)26-10-18(24)27-12(2)19(25)22-17-7-6-14(20)9-16(17)21/h3-9,12H,10H2,1-2H3,(H,22,25)/t12-/m1/s1. The molecule has 0 fully saturated rings. The summed E-state index contributed by atoms with van der Waals surface area (Å²) in [5, 5.41) is 2.20. The molecular weight excluding hydrogens is 360 g/mol. The highest BCUT2D eigenvalue weighted by atomic mass is 19.1. The molecule has 0 aliphatic heterocycles. The van der Waals surface area contributed by atoms with Crippen LogP contribution in [0.15, 0.2) is 42.5 Å². The number of ketones is 1. The van der Waals surface area contributed by atoms with Crippen LogP contribution in [0.1, 0.15) is 24.2 Å². The zero-order valence-corrected chi connectivity index (χ0v) is 14.6. The summed E-state index contributed by atoms with van der Waals surface area (Å²) in [5.74, 6) is -3.20. The quantitative estimate of drug-likeness (QED) is 0.592. The number of hydrogen-bond donors (Lipinski definition) is 1. The number of Topliss-reactive ketones (excluding diaryl/α,β-unsaturated/α-hetero) is 1. The maximum absolute atomic E-state index is 13.5. The molecule has 0 heterocycles. The van der Waals surface area contributed by atoms with E-state index >= 15 is 0 Å². The Morgan fingerprint density at radius 2 is 1.85 bits per heavy atom. The van der Waals surface area contributed by atoms with Gasteiger partial charge in [0.1, 0.15) is 17.4 Å². The molecule has 0 bridgehead atoms. The molecule has 6 nitrogen and oxygen atoms in total. The zero-order chi connectivity index (χ0) is 20.0. The van der Waals surface area contributed by atoms with Crippen LogP contribution in [0.25, 0.3) is 0 Å². The number of hydrogen-bond acceptors (Lipinski definition) is 5. The first-order chi connectivity index (χ1) is 12.8. The van der Waals surface area contributed by atoms with Crippen LogP contribution in [0, 0.1) is 11.6 Å². The van der Waals surface area contributed by atoms with Gasteiger partial charge in [0.05, 0.1) is 5.69 Å². The summed E-state index contributed by atoms with van der Waals surface area (Å²) in [6, 6.07) is 8.91. The van der Waals surface area contributed by atoms with E-state index in [1.54, 1.807) is 18.2 Å². The summed E-state index contributed by atoms with van der Waals surface area (Å²) in [4.78, 5) is 35.1. The molecule has 0 saturated heterocycles. The summed E-state index contributed by atoms with van der Waals surface area (Å²) < 4.78 is 36.5. The zero-order valence-electron chi connectivity index (χ0n) is 14.6. The number of esters is 1. The molecule has 0 aliphatic carbocycles. The first-order valence-corrected chi connectivity index (χ1v) is 7.95. The fourth-order valence-electron chi connectivity index (χ4n) is 2.06. The minimum atomic E-state index is -1.23. The second-order valence-electron chi connectivity index (χ2n) is 5.62. The van der Waals surface area contributed by atoms with E-state index in [0.29, 0.717) is 17.4 Å². The van der Waals surface area contributed by atoms with E-state index in [4.69, 9.17) is 9.47 Å². The summed E-state index contributed by atoms with van der Waals surface area (Å²) >= 11 is 0. The van der Waals surface area contributed by atoms with Crippen molar-refractivity contribution in [2.75, 3.05) is 11.9 Å². The minimum Gasteiger partial charge on any atom is -0.482 e. The Labute approximate surface area is 154 Å². The van der Waals surface area contributed by atoms with Gasteiger partial charge >= 0.3 is 5.97 Å². The van der Waals surface area contributed by atoms with E-state index in [-0.39, 0.29) is 11.5 Å². The van der Waals surface area contributed by atoms with Crippen LogP contribution in [0.3, 0.4) is 0 Å². The molecule has 0 spiro atoms. The van der Waals surface area contributed by atoms with Gasteiger partial charge < -0.3 is 14.8 Å². The number of ether oxygens (including phenoxy) is 2. The van der Waals surface area contributed by atoms with Crippen molar-refractivity contribution in [2.24, 2.45) is 0 Å². The van der Waals surface area contributed by atoms with Crippen molar-refractivity contribution < 1.29 is 32.6 Å². The average Bonchev–Trinajstić information content (AvgIpc) is 2.62. The molecular formula is C19H17F2NO5. The maximum Gasteiger partial charge on any atom is 0.344 e. The largest absolute Gasteiger partial charge is 0.482 e.